The molecule has 180 valence electrons. The Bertz CT molecular complexity index is 1480. The van der Waals surface area contributed by atoms with Crippen molar-refractivity contribution in [3.05, 3.63) is 81.8 Å². The molecule has 2 aromatic carbocycles. The molecule has 0 bridgehead atoms. The van der Waals surface area contributed by atoms with Crippen molar-refractivity contribution in [1.29, 1.82) is 0 Å². The van der Waals surface area contributed by atoms with E-state index in [-0.39, 0.29) is 23.8 Å². The van der Waals surface area contributed by atoms with Gasteiger partial charge in [0.25, 0.3) is 11.5 Å². The highest BCUT2D eigenvalue weighted by Crippen LogP contribution is 2.29. The van der Waals surface area contributed by atoms with Crippen LogP contribution in [0.1, 0.15) is 39.3 Å². The fourth-order valence-electron chi connectivity index (χ4n) is 5.31. The number of para-hydroxylation sites is 1. The molecule has 7 nitrogen and oxygen atoms in total. The largest absolute Gasteiger partial charge is 0.349 e. The zero-order chi connectivity index (χ0) is 24.5. The first kappa shape index (κ1) is 23.1. The van der Waals surface area contributed by atoms with Crippen LogP contribution >= 0.6 is 0 Å². The molecule has 0 atom stereocenters. The molecule has 0 radical (unpaired) electrons. The molecule has 1 fully saturated rings. The molecule has 2 aromatic heterocycles. The van der Waals surface area contributed by atoms with Crippen LogP contribution in [0.3, 0.4) is 0 Å². The normalized spacial score (nSPS) is 14.1. The van der Waals surface area contributed by atoms with Gasteiger partial charge in [0, 0.05) is 31.1 Å². The highest BCUT2D eigenvalue weighted by molar-refractivity contribution is 6.10. The third-order valence-electron chi connectivity index (χ3n) is 7.07. The molecule has 0 aliphatic carbocycles. The van der Waals surface area contributed by atoms with Gasteiger partial charge >= 0.3 is 0 Å². The van der Waals surface area contributed by atoms with Crippen LogP contribution in [0, 0.1) is 6.92 Å². The average molecular weight is 471 g/mol. The second-order valence-electron chi connectivity index (χ2n) is 9.26. The van der Waals surface area contributed by atoms with Gasteiger partial charge in [0.05, 0.1) is 23.0 Å². The van der Waals surface area contributed by atoms with Gasteiger partial charge in [0.15, 0.2) is 5.78 Å². The summed E-state index contributed by atoms with van der Waals surface area (Å²) in [5.74, 6) is -0.318. The van der Waals surface area contributed by atoms with E-state index < -0.39 is 0 Å². The number of aryl methyl sites for hydroxylation is 2. The number of aromatic nitrogens is 2. The molecule has 4 aromatic rings. The van der Waals surface area contributed by atoms with Crippen molar-refractivity contribution >= 4 is 33.5 Å². The highest BCUT2D eigenvalue weighted by atomic mass is 16.2. The first-order chi connectivity index (χ1) is 17.0. The predicted molar refractivity (Wildman–Crippen MR) is 138 cm³/mol. The summed E-state index contributed by atoms with van der Waals surface area (Å²) in [4.78, 5) is 42.3. The molecule has 0 unspecified atom stereocenters. The Morgan fingerprint density at radius 3 is 2.40 bits per heavy atom. The van der Waals surface area contributed by atoms with Crippen LogP contribution in [-0.4, -0.2) is 51.9 Å². The van der Waals surface area contributed by atoms with E-state index in [9.17, 15) is 14.4 Å². The average Bonchev–Trinajstić information content (AvgIpc) is 3.48. The van der Waals surface area contributed by atoms with E-state index >= 15 is 0 Å². The summed E-state index contributed by atoms with van der Waals surface area (Å²) < 4.78 is 3.36. The quantitative estimate of drug-likeness (QED) is 0.420. The summed E-state index contributed by atoms with van der Waals surface area (Å²) in [6.45, 7) is 5.30. The summed E-state index contributed by atoms with van der Waals surface area (Å²) in [7, 11) is 1.83. The monoisotopic (exact) mass is 470 g/mol. The minimum Gasteiger partial charge on any atom is -0.349 e. The third-order valence-corrected chi connectivity index (χ3v) is 7.07. The van der Waals surface area contributed by atoms with Gasteiger partial charge in [-0.2, -0.15) is 0 Å². The van der Waals surface area contributed by atoms with Crippen molar-refractivity contribution in [2.24, 2.45) is 7.05 Å². The Hall–Kier alpha value is -3.71. The molecule has 1 aliphatic rings. The van der Waals surface area contributed by atoms with Crippen LogP contribution in [0.15, 0.2) is 59.4 Å². The number of nitrogens with zero attached hydrogens (tertiary/aromatic N) is 3. The summed E-state index contributed by atoms with van der Waals surface area (Å²) in [5, 5.41) is 4.36. The molecule has 3 heterocycles. The molecule has 0 saturated carbocycles. The Labute approximate surface area is 204 Å². The Morgan fingerprint density at radius 1 is 0.971 bits per heavy atom. The Balaban J connectivity index is 1.57. The van der Waals surface area contributed by atoms with E-state index in [2.05, 4.69) is 10.2 Å². The predicted octanol–water partition coefficient (Wildman–Crippen LogP) is 3.51. The molecule has 0 spiro atoms. The van der Waals surface area contributed by atoms with E-state index in [1.807, 2.05) is 61.0 Å². The second kappa shape index (κ2) is 9.50. The molecule has 1 N–H and O–H groups in total. The van der Waals surface area contributed by atoms with E-state index in [0.29, 0.717) is 34.3 Å². The summed E-state index contributed by atoms with van der Waals surface area (Å²) in [5.41, 5.74) is 2.82. The minimum absolute atomic E-state index is 0.0645. The van der Waals surface area contributed by atoms with Gasteiger partial charge in [0.2, 0.25) is 0 Å². The fraction of sp³-hybridized carbons (Fsp3) is 0.321. The first-order valence-electron chi connectivity index (χ1n) is 12.2. The standard InChI is InChI=1S/C28H30N4O3/c1-19-24-26(30(2)25(19)27(34)29-14-17-31-15-8-9-16-31)21-12-6-7-13-22(21)32(28(24)35)18-23(33)20-10-4-3-5-11-20/h3-7,10-13H,8-9,14-18H2,1-2H3,(H,29,34). The lowest BCUT2D eigenvalue weighted by Crippen LogP contribution is -2.34. The lowest BCUT2D eigenvalue weighted by Gasteiger charge is -2.15. The van der Waals surface area contributed by atoms with Gasteiger partial charge in [-0.15, -0.1) is 0 Å². The summed E-state index contributed by atoms with van der Waals surface area (Å²) in [6.07, 6.45) is 2.42. The van der Waals surface area contributed by atoms with E-state index in [1.54, 1.807) is 12.1 Å². The van der Waals surface area contributed by atoms with Crippen LogP contribution < -0.4 is 10.9 Å². The maximum Gasteiger partial charge on any atom is 0.268 e. The van der Waals surface area contributed by atoms with Crippen molar-refractivity contribution < 1.29 is 9.59 Å². The zero-order valence-electron chi connectivity index (χ0n) is 20.2. The number of hydrogen-bond acceptors (Lipinski definition) is 4. The van der Waals surface area contributed by atoms with E-state index in [4.69, 9.17) is 0 Å². The van der Waals surface area contributed by atoms with Crippen LogP contribution in [0.4, 0.5) is 0 Å². The van der Waals surface area contributed by atoms with Crippen molar-refractivity contribution in [1.82, 2.24) is 19.4 Å². The van der Waals surface area contributed by atoms with Crippen molar-refractivity contribution in [2.75, 3.05) is 26.2 Å². The van der Waals surface area contributed by atoms with Crippen LogP contribution in [0.5, 0.6) is 0 Å². The highest BCUT2D eigenvalue weighted by Gasteiger charge is 2.24. The number of hydrogen-bond donors (Lipinski definition) is 1. The van der Waals surface area contributed by atoms with Gasteiger partial charge in [0.1, 0.15) is 5.69 Å². The first-order valence-corrected chi connectivity index (χ1v) is 12.2. The number of amides is 1. The van der Waals surface area contributed by atoms with Crippen LogP contribution in [-0.2, 0) is 13.6 Å². The van der Waals surface area contributed by atoms with Crippen molar-refractivity contribution in [2.45, 2.75) is 26.3 Å². The molecular formula is C28H30N4O3. The number of likely N-dealkylation sites (tertiary alicyclic amines) is 1. The molecule has 1 aliphatic heterocycles. The fourth-order valence-corrected chi connectivity index (χ4v) is 5.31. The topological polar surface area (TPSA) is 76.3 Å². The summed E-state index contributed by atoms with van der Waals surface area (Å²) >= 11 is 0. The van der Waals surface area contributed by atoms with Crippen LogP contribution in [0.25, 0.3) is 21.8 Å². The number of rotatable bonds is 7. The third kappa shape index (κ3) is 4.17. The van der Waals surface area contributed by atoms with E-state index in [0.717, 1.165) is 30.5 Å². The Morgan fingerprint density at radius 2 is 1.66 bits per heavy atom. The van der Waals surface area contributed by atoms with Crippen LogP contribution in [0.2, 0.25) is 0 Å². The number of benzene rings is 2. The maximum absolute atomic E-state index is 13.8. The van der Waals surface area contributed by atoms with E-state index in [1.165, 1.54) is 17.4 Å². The van der Waals surface area contributed by atoms with Gasteiger partial charge in [-0.3, -0.25) is 19.0 Å². The lowest BCUT2D eigenvalue weighted by atomic mass is 10.1. The van der Waals surface area contributed by atoms with Gasteiger partial charge in [-0.25, -0.2) is 0 Å². The number of carbonyl (C=O) groups is 2. The summed E-state index contributed by atoms with van der Waals surface area (Å²) in [6, 6.07) is 16.6. The number of ketones is 1. The zero-order valence-corrected chi connectivity index (χ0v) is 20.2. The number of nitrogens with one attached hydrogen (secondary N) is 1. The SMILES string of the molecule is Cc1c(C(=O)NCCN2CCCC2)n(C)c2c1c(=O)n(CC(=O)c1ccccc1)c1ccccc21. The Kier molecular flexibility index (Phi) is 6.26. The molecular weight excluding hydrogens is 440 g/mol. The maximum atomic E-state index is 13.8. The lowest BCUT2D eigenvalue weighted by molar-refractivity contribution is 0.0939. The van der Waals surface area contributed by atoms with Gasteiger partial charge in [-0.05, 0) is 44.5 Å². The number of carbonyl (C=O) groups excluding carboxylic acids is 2. The molecule has 7 heteroatoms. The molecule has 5 rings (SSSR count). The second-order valence-corrected chi connectivity index (χ2v) is 9.26. The minimum atomic E-state index is -0.257. The van der Waals surface area contributed by atoms with Crippen molar-refractivity contribution in [3.63, 3.8) is 0 Å². The molecule has 35 heavy (non-hydrogen) atoms. The number of fused-ring (bicyclic) bond motifs is 3. The number of Topliss-reactive ketones (excluding diaryl/α,β-unsaturated/α-hetero) is 1. The molecule has 1 amide bonds. The van der Waals surface area contributed by atoms with Gasteiger partial charge < -0.3 is 14.8 Å². The van der Waals surface area contributed by atoms with Crippen molar-refractivity contribution in [3.8, 4) is 0 Å². The van der Waals surface area contributed by atoms with Gasteiger partial charge in [-0.1, -0.05) is 48.5 Å². The number of pyridine rings is 1. The smallest absolute Gasteiger partial charge is 0.268 e. The molecule has 1 saturated heterocycles.